The fourth-order valence-electron chi connectivity index (χ4n) is 0.862. The van der Waals surface area contributed by atoms with Crippen molar-refractivity contribution in [3.63, 3.8) is 0 Å². The molecule has 0 saturated carbocycles. The minimum atomic E-state index is -0.366. The van der Waals surface area contributed by atoms with E-state index in [9.17, 15) is 9.59 Å². The van der Waals surface area contributed by atoms with Crippen molar-refractivity contribution in [3.05, 3.63) is 12.2 Å². The summed E-state index contributed by atoms with van der Waals surface area (Å²) in [5, 5.41) is 2.58. The van der Waals surface area contributed by atoms with E-state index < -0.39 is 0 Å². The van der Waals surface area contributed by atoms with Crippen molar-refractivity contribution in [2.75, 3.05) is 7.05 Å². The van der Waals surface area contributed by atoms with Gasteiger partial charge in [0, 0.05) is 12.6 Å². The monoisotopic (exact) mass is 154 g/mol. The normalized spacial score (nSPS) is 25.5. The Kier molecular flexibility index (Phi) is 1.68. The molecule has 0 bridgehead atoms. The van der Waals surface area contributed by atoms with Crippen molar-refractivity contribution in [1.29, 1.82) is 0 Å². The first-order chi connectivity index (χ1) is 5.04. The maximum atomic E-state index is 11.1. The third-order valence-electron chi connectivity index (χ3n) is 1.75. The van der Waals surface area contributed by atoms with E-state index in [1.807, 2.05) is 0 Å². The number of nitrogens with one attached hydrogen (secondary N) is 1. The predicted molar refractivity (Wildman–Crippen MR) is 39.9 cm³/mol. The molecule has 1 rings (SSSR count). The molecule has 0 unspecified atom stereocenters. The molecule has 60 valence electrons. The summed E-state index contributed by atoms with van der Waals surface area (Å²) in [6.07, 6.45) is 0. The quantitative estimate of drug-likeness (QED) is 0.503. The second kappa shape index (κ2) is 2.38. The van der Waals surface area contributed by atoms with Crippen LogP contribution < -0.4 is 5.32 Å². The Balaban J connectivity index is 2.87. The van der Waals surface area contributed by atoms with Crippen molar-refractivity contribution < 1.29 is 9.59 Å². The first-order valence-corrected chi connectivity index (χ1v) is 3.31. The number of carbonyl (C=O) groups is 2. The van der Waals surface area contributed by atoms with Crippen LogP contribution in [0.4, 0.5) is 4.79 Å². The van der Waals surface area contributed by atoms with E-state index >= 15 is 0 Å². The number of amides is 3. The maximum absolute atomic E-state index is 11.1. The van der Waals surface area contributed by atoms with E-state index in [0.717, 1.165) is 4.90 Å². The second-order valence-corrected chi connectivity index (χ2v) is 2.56. The highest BCUT2D eigenvalue weighted by Crippen LogP contribution is 2.09. The molecule has 0 aromatic carbocycles. The first-order valence-electron chi connectivity index (χ1n) is 3.31. The van der Waals surface area contributed by atoms with E-state index in [2.05, 4.69) is 11.9 Å². The summed E-state index contributed by atoms with van der Waals surface area (Å²) in [7, 11) is 1.43. The smallest absolute Gasteiger partial charge is 0.324 e. The standard InChI is InChI=1S/C7H10N2O2/c1-4-5(2)8-7(11)9(3)6(4)10/h5H,1H2,2-3H3,(H,8,11)/t5-/m0/s1. The highest BCUT2D eigenvalue weighted by Gasteiger charge is 2.29. The van der Waals surface area contributed by atoms with Gasteiger partial charge in [0.2, 0.25) is 0 Å². The van der Waals surface area contributed by atoms with Gasteiger partial charge in [-0.25, -0.2) is 4.79 Å². The van der Waals surface area contributed by atoms with E-state index in [0.29, 0.717) is 5.57 Å². The third kappa shape index (κ3) is 1.11. The van der Waals surface area contributed by atoms with E-state index in [1.165, 1.54) is 7.05 Å². The zero-order valence-corrected chi connectivity index (χ0v) is 6.55. The molecule has 0 spiro atoms. The van der Waals surface area contributed by atoms with Gasteiger partial charge in [-0.2, -0.15) is 0 Å². The zero-order valence-electron chi connectivity index (χ0n) is 6.55. The van der Waals surface area contributed by atoms with Crippen LogP contribution in [0.15, 0.2) is 12.2 Å². The van der Waals surface area contributed by atoms with Crippen LogP contribution in [0.3, 0.4) is 0 Å². The predicted octanol–water partition coefficient (Wildman–Crippen LogP) is 0.113. The van der Waals surface area contributed by atoms with Crippen molar-refractivity contribution in [2.24, 2.45) is 0 Å². The summed E-state index contributed by atoms with van der Waals surface area (Å²) in [4.78, 5) is 23.0. The van der Waals surface area contributed by atoms with Crippen molar-refractivity contribution in [1.82, 2.24) is 10.2 Å². The van der Waals surface area contributed by atoms with Gasteiger partial charge >= 0.3 is 6.03 Å². The molecule has 0 aliphatic carbocycles. The first kappa shape index (κ1) is 7.78. The van der Waals surface area contributed by atoms with Gasteiger partial charge in [-0.1, -0.05) is 6.58 Å². The molecule has 0 aromatic rings. The Hall–Kier alpha value is -1.32. The molecular weight excluding hydrogens is 144 g/mol. The van der Waals surface area contributed by atoms with Gasteiger partial charge in [0.25, 0.3) is 5.91 Å². The number of imide groups is 1. The average molecular weight is 154 g/mol. The highest BCUT2D eigenvalue weighted by atomic mass is 16.2. The lowest BCUT2D eigenvalue weighted by molar-refractivity contribution is -0.124. The topological polar surface area (TPSA) is 49.4 Å². The van der Waals surface area contributed by atoms with Gasteiger partial charge in [-0.05, 0) is 6.92 Å². The van der Waals surface area contributed by atoms with Crippen LogP contribution in [0.1, 0.15) is 6.92 Å². The fourth-order valence-corrected chi connectivity index (χ4v) is 0.862. The number of carbonyl (C=O) groups excluding carboxylic acids is 2. The Labute approximate surface area is 64.9 Å². The maximum Gasteiger partial charge on any atom is 0.324 e. The summed E-state index contributed by atoms with van der Waals surface area (Å²) < 4.78 is 0. The lowest BCUT2D eigenvalue weighted by Gasteiger charge is -2.27. The molecule has 1 atom stereocenters. The summed E-state index contributed by atoms with van der Waals surface area (Å²) in [6, 6.07) is -0.610. The summed E-state index contributed by atoms with van der Waals surface area (Å²) in [5.74, 6) is -0.304. The minimum absolute atomic E-state index is 0.244. The van der Waals surface area contributed by atoms with Gasteiger partial charge in [0.05, 0.1) is 6.04 Å². The summed E-state index contributed by atoms with van der Waals surface area (Å²) in [5.41, 5.74) is 0.423. The van der Waals surface area contributed by atoms with Crippen LogP contribution in [0.5, 0.6) is 0 Å². The van der Waals surface area contributed by atoms with Crippen molar-refractivity contribution in [2.45, 2.75) is 13.0 Å². The molecule has 1 aliphatic heterocycles. The molecule has 1 saturated heterocycles. The largest absolute Gasteiger partial charge is 0.331 e. The fraction of sp³-hybridized carbons (Fsp3) is 0.429. The number of nitrogens with zero attached hydrogens (tertiary/aromatic N) is 1. The molecule has 11 heavy (non-hydrogen) atoms. The van der Waals surface area contributed by atoms with E-state index in [1.54, 1.807) is 6.92 Å². The molecule has 1 aliphatic rings. The van der Waals surface area contributed by atoms with Crippen LogP contribution in [0.2, 0.25) is 0 Å². The van der Waals surface area contributed by atoms with E-state index in [-0.39, 0.29) is 18.0 Å². The molecule has 0 aromatic heterocycles. The van der Waals surface area contributed by atoms with Crippen LogP contribution in [-0.4, -0.2) is 29.9 Å². The Morgan fingerprint density at radius 1 is 1.55 bits per heavy atom. The molecule has 1 fully saturated rings. The SMILES string of the molecule is C=C1C(=O)N(C)C(=O)N[C@H]1C. The molecule has 1 heterocycles. The minimum Gasteiger partial charge on any atom is -0.331 e. The molecule has 4 heteroatoms. The summed E-state index contributed by atoms with van der Waals surface area (Å²) >= 11 is 0. The number of urea groups is 1. The molecule has 3 amide bonds. The van der Waals surface area contributed by atoms with Crippen LogP contribution in [0.25, 0.3) is 0 Å². The highest BCUT2D eigenvalue weighted by molar-refractivity contribution is 6.06. The Morgan fingerprint density at radius 2 is 2.09 bits per heavy atom. The Bertz CT molecular complexity index is 235. The van der Waals surface area contributed by atoms with Crippen LogP contribution >= 0.6 is 0 Å². The van der Waals surface area contributed by atoms with Crippen LogP contribution in [-0.2, 0) is 4.79 Å². The van der Waals surface area contributed by atoms with Crippen molar-refractivity contribution >= 4 is 11.9 Å². The Morgan fingerprint density at radius 3 is 2.64 bits per heavy atom. The number of likely N-dealkylation sites (N-methyl/N-ethyl adjacent to an activating group) is 1. The third-order valence-corrected chi connectivity index (χ3v) is 1.75. The number of hydrogen-bond donors (Lipinski definition) is 1. The van der Waals surface area contributed by atoms with Crippen molar-refractivity contribution in [3.8, 4) is 0 Å². The lowest BCUT2D eigenvalue weighted by Crippen LogP contribution is -2.53. The number of hydrogen-bond acceptors (Lipinski definition) is 2. The second-order valence-electron chi connectivity index (χ2n) is 2.56. The zero-order chi connectivity index (χ0) is 8.59. The molecular formula is C7H10N2O2. The van der Waals surface area contributed by atoms with Gasteiger partial charge in [-0.15, -0.1) is 0 Å². The molecule has 1 N–H and O–H groups in total. The number of rotatable bonds is 0. The van der Waals surface area contributed by atoms with Gasteiger partial charge in [-0.3, -0.25) is 9.69 Å². The average Bonchev–Trinajstić information content (AvgIpc) is 1.97. The molecule has 4 nitrogen and oxygen atoms in total. The van der Waals surface area contributed by atoms with Gasteiger partial charge in [0.1, 0.15) is 0 Å². The van der Waals surface area contributed by atoms with Crippen LogP contribution in [0, 0.1) is 0 Å². The lowest BCUT2D eigenvalue weighted by atomic mass is 10.1. The van der Waals surface area contributed by atoms with E-state index in [4.69, 9.17) is 0 Å². The van der Waals surface area contributed by atoms with Gasteiger partial charge in [0.15, 0.2) is 0 Å². The van der Waals surface area contributed by atoms with Gasteiger partial charge < -0.3 is 5.32 Å². The molecule has 0 radical (unpaired) electrons. The summed E-state index contributed by atoms with van der Waals surface area (Å²) in [6.45, 7) is 5.28.